The first-order valence-corrected chi connectivity index (χ1v) is 8.37. The van der Waals surface area contributed by atoms with E-state index in [0.717, 1.165) is 36.3 Å². The Kier molecular flexibility index (Phi) is 5.87. The second-order valence-electron chi connectivity index (χ2n) is 5.34. The predicted molar refractivity (Wildman–Crippen MR) is 88.6 cm³/mol. The maximum Gasteiger partial charge on any atom is 0.231 e. The fraction of sp³-hybridized carbons (Fsp3) is 0.353. The number of thiazole rings is 1. The molecule has 122 valence electrons. The molecule has 0 aliphatic heterocycles. The summed E-state index contributed by atoms with van der Waals surface area (Å²) in [7, 11) is 0. The minimum Gasteiger partial charge on any atom is -0.544 e. The molecule has 0 aliphatic rings. The zero-order valence-corrected chi connectivity index (χ0v) is 14.0. The summed E-state index contributed by atoms with van der Waals surface area (Å²) in [5.41, 5.74) is 2.36. The molecular formula is C17H19N2O3S-. The first-order chi connectivity index (χ1) is 11.0. The Hall–Kier alpha value is -2.21. The predicted octanol–water partition coefficient (Wildman–Crippen LogP) is 2.34. The molecule has 1 N–H and O–H groups in total. The highest BCUT2D eigenvalue weighted by molar-refractivity contribution is 7.13. The molecule has 2 rings (SSSR count). The van der Waals surface area contributed by atoms with E-state index in [9.17, 15) is 14.7 Å². The Morgan fingerprint density at radius 2 is 1.96 bits per heavy atom. The van der Waals surface area contributed by atoms with E-state index < -0.39 is 5.97 Å². The molecule has 2 aromatic rings. The number of carboxylic acid groups (broad SMARTS) is 1. The van der Waals surface area contributed by atoms with Gasteiger partial charge in [-0.3, -0.25) is 4.79 Å². The van der Waals surface area contributed by atoms with Crippen molar-refractivity contribution in [2.45, 2.75) is 39.5 Å². The summed E-state index contributed by atoms with van der Waals surface area (Å²) in [6.45, 7) is 3.75. The van der Waals surface area contributed by atoms with Gasteiger partial charge < -0.3 is 15.2 Å². The van der Waals surface area contributed by atoms with Gasteiger partial charge in [-0.15, -0.1) is 11.3 Å². The van der Waals surface area contributed by atoms with E-state index in [4.69, 9.17) is 0 Å². The van der Waals surface area contributed by atoms with Gasteiger partial charge in [0.2, 0.25) is 5.91 Å². The van der Waals surface area contributed by atoms with Gasteiger partial charge in [0, 0.05) is 5.69 Å². The summed E-state index contributed by atoms with van der Waals surface area (Å²) in [6, 6.07) is 7.77. The van der Waals surface area contributed by atoms with Crippen molar-refractivity contribution < 1.29 is 14.7 Å². The lowest BCUT2D eigenvalue weighted by atomic mass is 10.1. The fourth-order valence-electron chi connectivity index (χ4n) is 2.20. The quantitative estimate of drug-likeness (QED) is 0.844. The van der Waals surface area contributed by atoms with Gasteiger partial charge in [-0.25, -0.2) is 4.98 Å². The molecule has 1 heterocycles. The van der Waals surface area contributed by atoms with Crippen molar-refractivity contribution in [3.05, 3.63) is 45.4 Å². The van der Waals surface area contributed by atoms with Crippen LogP contribution in [0.3, 0.4) is 0 Å². The van der Waals surface area contributed by atoms with E-state index >= 15 is 0 Å². The average Bonchev–Trinajstić information content (AvgIpc) is 2.87. The molecule has 0 unspecified atom stereocenters. The number of hydrogen-bond acceptors (Lipinski definition) is 5. The molecule has 0 bridgehead atoms. The molecule has 6 heteroatoms. The Labute approximate surface area is 139 Å². The van der Waals surface area contributed by atoms with E-state index in [0.29, 0.717) is 10.7 Å². The van der Waals surface area contributed by atoms with Crippen LogP contribution in [0.15, 0.2) is 24.3 Å². The number of carboxylic acids is 1. The average molecular weight is 331 g/mol. The third kappa shape index (κ3) is 4.89. The molecule has 0 saturated carbocycles. The van der Waals surface area contributed by atoms with Crippen LogP contribution in [0.1, 0.15) is 45.7 Å². The number of aromatic nitrogens is 1. The van der Waals surface area contributed by atoms with Crippen molar-refractivity contribution in [1.29, 1.82) is 0 Å². The van der Waals surface area contributed by atoms with E-state index in [-0.39, 0.29) is 17.2 Å². The highest BCUT2D eigenvalue weighted by Crippen LogP contribution is 2.18. The lowest BCUT2D eigenvalue weighted by Gasteiger charge is -2.05. The maximum atomic E-state index is 12.0. The molecule has 1 aromatic heterocycles. The summed E-state index contributed by atoms with van der Waals surface area (Å²) in [6.07, 6.45) is 3.39. The summed E-state index contributed by atoms with van der Waals surface area (Å²) in [5.74, 6) is -1.47. The van der Waals surface area contributed by atoms with Gasteiger partial charge in [0.05, 0.1) is 23.0 Å². The van der Waals surface area contributed by atoms with Gasteiger partial charge in [-0.05, 0) is 37.5 Å². The van der Waals surface area contributed by atoms with E-state index in [2.05, 4.69) is 17.2 Å². The Bertz CT molecular complexity index is 692. The topological polar surface area (TPSA) is 82.1 Å². The molecule has 0 fully saturated rings. The van der Waals surface area contributed by atoms with Crippen LogP contribution in [-0.4, -0.2) is 16.9 Å². The molecule has 23 heavy (non-hydrogen) atoms. The van der Waals surface area contributed by atoms with Crippen LogP contribution < -0.4 is 10.4 Å². The van der Waals surface area contributed by atoms with Crippen LogP contribution in [-0.2, 0) is 17.6 Å². The third-order valence-corrected chi connectivity index (χ3v) is 4.53. The summed E-state index contributed by atoms with van der Waals surface area (Å²) >= 11 is 0.984. The minimum absolute atomic E-state index is 0.0520. The normalized spacial score (nSPS) is 10.5. The molecule has 1 amide bonds. The second kappa shape index (κ2) is 7.87. The van der Waals surface area contributed by atoms with Crippen molar-refractivity contribution in [3.8, 4) is 0 Å². The lowest BCUT2D eigenvalue weighted by molar-refractivity contribution is -0.254. The van der Waals surface area contributed by atoms with Crippen molar-refractivity contribution in [2.24, 2.45) is 0 Å². The molecule has 0 radical (unpaired) electrons. The standard InChI is InChI=1S/C17H20N2O3S/c1-3-4-5-12-6-8-13(9-7-12)19-14(20)10-15-18-11(2)16(23-15)17(21)22/h6-9H,3-5,10H2,1-2H3,(H,19,20)(H,21,22)/p-1. The van der Waals surface area contributed by atoms with Crippen LogP contribution in [0.2, 0.25) is 0 Å². The molecule has 0 aliphatic carbocycles. The number of anilines is 1. The summed E-state index contributed by atoms with van der Waals surface area (Å²) < 4.78 is 0. The minimum atomic E-state index is -1.26. The van der Waals surface area contributed by atoms with E-state index in [1.54, 1.807) is 6.92 Å². The number of carbonyl (C=O) groups is 2. The van der Waals surface area contributed by atoms with Crippen LogP contribution in [0.25, 0.3) is 0 Å². The highest BCUT2D eigenvalue weighted by Gasteiger charge is 2.12. The number of nitrogens with one attached hydrogen (secondary N) is 1. The van der Waals surface area contributed by atoms with Gasteiger partial charge in [0.15, 0.2) is 0 Å². The first-order valence-electron chi connectivity index (χ1n) is 7.56. The molecule has 0 spiro atoms. The molecule has 0 saturated heterocycles. The Morgan fingerprint density at radius 3 is 2.52 bits per heavy atom. The maximum absolute atomic E-state index is 12.0. The number of hydrogen-bond donors (Lipinski definition) is 1. The first kappa shape index (κ1) is 17.1. The summed E-state index contributed by atoms with van der Waals surface area (Å²) in [4.78, 5) is 27.1. The van der Waals surface area contributed by atoms with Crippen LogP contribution in [0.5, 0.6) is 0 Å². The number of aromatic carboxylic acids is 1. The van der Waals surface area contributed by atoms with E-state index in [1.807, 2.05) is 24.3 Å². The van der Waals surface area contributed by atoms with Crippen LogP contribution >= 0.6 is 11.3 Å². The number of aryl methyl sites for hydroxylation is 2. The number of carbonyl (C=O) groups excluding carboxylic acids is 2. The smallest absolute Gasteiger partial charge is 0.231 e. The number of unbranched alkanes of at least 4 members (excludes halogenated alkanes) is 1. The number of rotatable bonds is 7. The van der Waals surface area contributed by atoms with Crippen LogP contribution in [0, 0.1) is 6.92 Å². The second-order valence-corrected chi connectivity index (χ2v) is 6.42. The Balaban J connectivity index is 1.94. The molecular weight excluding hydrogens is 312 g/mol. The SMILES string of the molecule is CCCCc1ccc(NC(=O)Cc2nc(C)c(C(=O)[O-])s2)cc1. The molecule has 0 atom stereocenters. The summed E-state index contributed by atoms with van der Waals surface area (Å²) in [5, 5.41) is 14.1. The largest absolute Gasteiger partial charge is 0.544 e. The van der Waals surface area contributed by atoms with Crippen molar-refractivity contribution in [2.75, 3.05) is 5.32 Å². The molecule has 5 nitrogen and oxygen atoms in total. The van der Waals surface area contributed by atoms with Crippen LogP contribution in [0.4, 0.5) is 5.69 Å². The number of benzene rings is 1. The van der Waals surface area contributed by atoms with Crippen molar-refractivity contribution in [1.82, 2.24) is 4.98 Å². The van der Waals surface area contributed by atoms with Gasteiger partial charge in [0.25, 0.3) is 0 Å². The lowest BCUT2D eigenvalue weighted by Crippen LogP contribution is -2.21. The van der Waals surface area contributed by atoms with Crippen molar-refractivity contribution in [3.63, 3.8) is 0 Å². The van der Waals surface area contributed by atoms with Crippen molar-refractivity contribution >= 4 is 28.9 Å². The van der Waals surface area contributed by atoms with Gasteiger partial charge in [-0.1, -0.05) is 25.5 Å². The molecule has 1 aromatic carbocycles. The zero-order valence-electron chi connectivity index (χ0n) is 13.2. The third-order valence-electron chi connectivity index (χ3n) is 3.39. The number of amides is 1. The Morgan fingerprint density at radius 1 is 1.26 bits per heavy atom. The monoisotopic (exact) mass is 331 g/mol. The zero-order chi connectivity index (χ0) is 16.8. The van der Waals surface area contributed by atoms with Gasteiger partial charge >= 0.3 is 0 Å². The number of nitrogens with zero attached hydrogens (tertiary/aromatic N) is 1. The van der Waals surface area contributed by atoms with E-state index in [1.165, 1.54) is 5.56 Å². The fourth-order valence-corrected chi connectivity index (χ4v) is 3.09. The van der Waals surface area contributed by atoms with Gasteiger partial charge in [-0.2, -0.15) is 0 Å². The van der Waals surface area contributed by atoms with Gasteiger partial charge in [0.1, 0.15) is 5.01 Å². The highest BCUT2D eigenvalue weighted by atomic mass is 32.1.